The van der Waals surface area contributed by atoms with Gasteiger partial charge >= 0.3 is 12.1 Å². The number of ketones is 1. The maximum atomic E-state index is 12.3. The molecule has 0 aliphatic heterocycles. The van der Waals surface area contributed by atoms with Gasteiger partial charge in [-0.25, -0.2) is 4.79 Å². The summed E-state index contributed by atoms with van der Waals surface area (Å²) in [6.07, 6.45) is -3.42. The Labute approximate surface area is 117 Å². The van der Waals surface area contributed by atoms with Crippen LogP contribution in [-0.2, 0) is 16.6 Å². The first-order valence-corrected chi connectivity index (χ1v) is 5.74. The molecule has 0 spiro atoms. The van der Waals surface area contributed by atoms with Crippen LogP contribution in [0.3, 0.4) is 0 Å². The summed E-state index contributed by atoms with van der Waals surface area (Å²) in [6.45, 7) is 0.718. The first-order valence-electron chi connectivity index (χ1n) is 5.74. The number of hydrogen-bond acceptors (Lipinski definition) is 4. The number of hydrogen-bond donors (Lipinski definition) is 1. The molecule has 0 saturated carbocycles. The fourth-order valence-corrected chi connectivity index (χ4v) is 1.48. The van der Waals surface area contributed by atoms with Crippen molar-refractivity contribution in [2.45, 2.75) is 19.1 Å². The summed E-state index contributed by atoms with van der Waals surface area (Å²) in [4.78, 5) is 34.6. The van der Waals surface area contributed by atoms with Gasteiger partial charge in [0.05, 0.1) is 18.4 Å². The lowest BCUT2D eigenvalue weighted by molar-refractivity contribution is -0.156. The van der Waals surface area contributed by atoms with Crippen LogP contribution in [0, 0.1) is 0 Å². The van der Waals surface area contributed by atoms with Crippen LogP contribution >= 0.6 is 0 Å². The number of nitrogens with one attached hydrogen (secondary N) is 1. The highest BCUT2D eigenvalue weighted by Crippen LogP contribution is 2.19. The number of halogens is 3. The summed E-state index contributed by atoms with van der Waals surface area (Å²) in [6, 6.07) is -1.08. The Morgan fingerprint density at radius 3 is 2.38 bits per heavy atom. The van der Waals surface area contributed by atoms with Crippen molar-refractivity contribution < 1.29 is 32.3 Å². The minimum Gasteiger partial charge on any atom is -0.465 e. The molecule has 116 valence electrons. The highest BCUT2D eigenvalue weighted by Gasteiger charge is 2.38. The van der Waals surface area contributed by atoms with Gasteiger partial charge in [0.2, 0.25) is 0 Å². The Morgan fingerprint density at radius 1 is 1.33 bits per heavy atom. The van der Waals surface area contributed by atoms with Gasteiger partial charge in [-0.3, -0.25) is 9.59 Å². The van der Waals surface area contributed by atoms with Gasteiger partial charge in [-0.1, -0.05) is 0 Å². The molecule has 1 rings (SSSR count). The van der Waals surface area contributed by atoms with Crippen LogP contribution < -0.4 is 5.32 Å². The lowest BCUT2D eigenvalue weighted by Crippen LogP contribution is -2.46. The number of alkyl halides is 3. The van der Waals surface area contributed by atoms with Crippen molar-refractivity contribution in [3.05, 3.63) is 23.5 Å². The number of nitrogens with zero attached hydrogens (tertiary/aromatic N) is 1. The van der Waals surface area contributed by atoms with Crippen LogP contribution in [0.25, 0.3) is 0 Å². The zero-order valence-corrected chi connectivity index (χ0v) is 11.4. The molecular weight excluding hydrogens is 293 g/mol. The molecule has 0 bridgehead atoms. The molecule has 9 heteroatoms. The Morgan fingerprint density at radius 2 is 1.90 bits per heavy atom. The standard InChI is InChI=1S/C12H13F3N2O4/c1-6(12(13,14)15)16-10(19)9(18)8-4-7(5-17(8)2)11(20)21-3/h4-6H,1-3H3,(H,16,19)/t6-/m1/s1. The highest BCUT2D eigenvalue weighted by molar-refractivity contribution is 6.42. The van der Waals surface area contributed by atoms with Crippen molar-refractivity contribution in [3.63, 3.8) is 0 Å². The first-order chi connectivity index (χ1) is 9.57. The van der Waals surface area contributed by atoms with Crippen molar-refractivity contribution in [1.29, 1.82) is 0 Å². The molecule has 0 unspecified atom stereocenters. The summed E-state index contributed by atoms with van der Waals surface area (Å²) in [7, 11) is 2.51. The van der Waals surface area contributed by atoms with E-state index in [9.17, 15) is 27.6 Å². The maximum Gasteiger partial charge on any atom is 0.408 e. The fraction of sp³-hybridized carbons (Fsp3) is 0.417. The monoisotopic (exact) mass is 306 g/mol. The minimum absolute atomic E-state index is 0.0139. The average Bonchev–Trinajstić information content (AvgIpc) is 2.77. The number of methoxy groups -OCH3 is 1. The molecule has 1 N–H and O–H groups in total. The second-order valence-corrected chi connectivity index (χ2v) is 4.28. The van der Waals surface area contributed by atoms with Crippen LogP contribution in [0.5, 0.6) is 0 Å². The second-order valence-electron chi connectivity index (χ2n) is 4.28. The third-order valence-corrected chi connectivity index (χ3v) is 2.70. The number of amides is 1. The normalized spacial score (nSPS) is 12.7. The first kappa shape index (κ1) is 16.7. The molecule has 0 aliphatic rings. The molecule has 0 aromatic carbocycles. The largest absolute Gasteiger partial charge is 0.465 e. The van der Waals surface area contributed by atoms with Crippen LogP contribution in [-0.4, -0.2) is 41.6 Å². The number of carbonyl (C=O) groups excluding carboxylic acids is 3. The smallest absolute Gasteiger partial charge is 0.408 e. The van der Waals surface area contributed by atoms with Gasteiger partial charge in [-0.15, -0.1) is 0 Å². The zero-order chi connectivity index (χ0) is 16.4. The number of esters is 1. The van der Waals surface area contributed by atoms with Crippen LogP contribution in [0.4, 0.5) is 13.2 Å². The molecule has 6 nitrogen and oxygen atoms in total. The lowest BCUT2D eigenvalue weighted by Gasteiger charge is -2.16. The van der Waals surface area contributed by atoms with E-state index in [-0.39, 0.29) is 11.3 Å². The molecule has 1 amide bonds. The average molecular weight is 306 g/mol. The van der Waals surface area contributed by atoms with E-state index in [1.165, 1.54) is 13.2 Å². The molecule has 0 fully saturated rings. The van der Waals surface area contributed by atoms with Crippen molar-refractivity contribution in [2.24, 2.45) is 7.05 Å². The van der Waals surface area contributed by atoms with Gasteiger partial charge in [0, 0.05) is 13.2 Å². The molecule has 1 aromatic rings. The maximum absolute atomic E-state index is 12.3. The van der Waals surface area contributed by atoms with Crippen molar-refractivity contribution in [2.75, 3.05) is 7.11 Å². The van der Waals surface area contributed by atoms with Crippen molar-refractivity contribution in [3.8, 4) is 0 Å². The molecule has 1 heterocycles. The summed E-state index contributed by atoms with van der Waals surface area (Å²) >= 11 is 0. The van der Waals surface area contributed by atoms with Crippen molar-refractivity contribution >= 4 is 17.7 Å². The molecule has 0 aliphatic carbocycles. The molecular formula is C12H13F3N2O4. The zero-order valence-electron chi connectivity index (χ0n) is 11.4. The Bertz CT molecular complexity index is 578. The number of aryl methyl sites for hydroxylation is 1. The summed E-state index contributed by atoms with van der Waals surface area (Å²) in [5.41, 5.74) is -0.206. The third-order valence-electron chi connectivity index (χ3n) is 2.70. The van der Waals surface area contributed by atoms with Crippen LogP contribution in [0.2, 0.25) is 0 Å². The Hall–Kier alpha value is -2.32. The number of rotatable bonds is 4. The Kier molecular flexibility index (Phi) is 4.77. The SMILES string of the molecule is COC(=O)c1cc(C(=O)C(=O)N[C@H](C)C(F)(F)F)n(C)c1. The van der Waals surface area contributed by atoms with Crippen LogP contribution in [0.1, 0.15) is 27.8 Å². The van der Waals surface area contributed by atoms with Crippen molar-refractivity contribution in [1.82, 2.24) is 9.88 Å². The van der Waals surface area contributed by atoms with E-state index in [1.54, 1.807) is 5.32 Å². The molecule has 1 atom stereocenters. The van der Waals surface area contributed by atoms with Gasteiger partial charge in [-0.2, -0.15) is 13.2 Å². The van der Waals surface area contributed by atoms with E-state index in [4.69, 9.17) is 0 Å². The topological polar surface area (TPSA) is 77.4 Å². The lowest BCUT2D eigenvalue weighted by atomic mass is 10.2. The molecule has 0 radical (unpaired) electrons. The predicted molar refractivity (Wildman–Crippen MR) is 64.7 cm³/mol. The van der Waals surface area contributed by atoms with Gasteiger partial charge < -0.3 is 14.6 Å². The fourth-order valence-electron chi connectivity index (χ4n) is 1.48. The summed E-state index contributed by atoms with van der Waals surface area (Å²) < 4.78 is 42.6. The number of ether oxygens (including phenoxy) is 1. The van der Waals surface area contributed by atoms with Gasteiger partial charge in [0.15, 0.2) is 0 Å². The number of Topliss-reactive ketones (excluding diaryl/α,β-unsaturated/α-hetero) is 1. The minimum atomic E-state index is -4.65. The van der Waals surface area contributed by atoms with E-state index < -0.39 is 29.9 Å². The van der Waals surface area contributed by atoms with E-state index in [0.717, 1.165) is 24.7 Å². The molecule has 0 saturated heterocycles. The highest BCUT2D eigenvalue weighted by atomic mass is 19.4. The summed E-state index contributed by atoms with van der Waals surface area (Å²) in [5.74, 6) is -3.31. The predicted octanol–water partition coefficient (Wildman–Crippen LogP) is 1.06. The van der Waals surface area contributed by atoms with E-state index in [0.29, 0.717) is 0 Å². The summed E-state index contributed by atoms with van der Waals surface area (Å²) in [5, 5.41) is 1.55. The molecule has 1 aromatic heterocycles. The van der Waals surface area contributed by atoms with E-state index in [1.807, 2.05) is 0 Å². The van der Waals surface area contributed by atoms with Gasteiger partial charge in [-0.05, 0) is 13.0 Å². The van der Waals surface area contributed by atoms with Gasteiger partial charge in [0.25, 0.3) is 11.7 Å². The number of carbonyl (C=O) groups is 3. The number of aromatic nitrogens is 1. The third kappa shape index (κ3) is 3.83. The Balaban J connectivity index is 2.91. The molecule has 21 heavy (non-hydrogen) atoms. The van der Waals surface area contributed by atoms with E-state index in [2.05, 4.69) is 4.74 Å². The van der Waals surface area contributed by atoms with Gasteiger partial charge in [0.1, 0.15) is 6.04 Å². The van der Waals surface area contributed by atoms with Crippen LogP contribution in [0.15, 0.2) is 12.3 Å². The second kappa shape index (κ2) is 5.98. The quantitative estimate of drug-likeness (QED) is 0.512. The van der Waals surface area contributed by atoms with E-state index >= 15 is 0 Å².